The summed E-state index contributed by atoms with van der Waals surface area (Å²) in [5, 5.41) is 3.32. The highest BCUT2D eigenvalue weighted by Crippen LogP contribution is 2.15. The number of hydrogen-bond donors (Lipinski definition) is 1. The first kappa shape index (κ1) is 23.1. The lowest BCUT2D eigenvalue weighted by Crippen LogP contribution is -2.38. The largest absolute Gasteiger partial charge is 0.357 e. The van der Waals surface area contributed by atoms with Gasteiger partial charge in [-0.3, -0.25) is 9.79 Å². The van der Waals surface area contributed by atoms with Crippen molar-refractivity contribution in [3.8, 4) is 0 Å². The molecule has 26 heavy (non-hydrogen) atoms. The van der Waals surface area contributed by atoms with E-state index >= 15 is 0 Å². The summed E-state index contributed by atoms with van der Waals surface area (Å²) in [6.45, 7) is 6.03. The van der Waals surface area contributed by atoms with E-state index in [4.69, 9.17) is 0 Å². The average Bonchev–Trinajstić information content (AvgIpc) is 3.16. The van der Waals surface area contributed by atoms with Crippen molar-refractivity contribution in [2.24, 2.45) is 4.99 Å². The smallest absolute Gasteiger partial charge is 0.224 e. The van der Waals surface area contributed by atoms with Crippen LogP contribution in [-0.2, 0) is 11.3 Å². The van der Waals surface area contributed by atoms with Crippen LogP contribution in [0.5, 0.6) is 0 Å². The molecule has 146 valence electrons. The maximum Gasteiger partial charge on any atom is 0.224 e. The number of nitrogens with one attached hydrogen (secondary N) is 1. The number of likely N-dealkylation sites (tertiary alicyclic amines) is 1. The SMILES string of the molecule is CCNC(=NCCC(=O)N1CCCC1)N(C)Cc1ccc(SC)cc1.I. The Bertz CT molecular complexity index is 573. The van der Waals surface area contributed by atoms with E-state index in [0.717, 1.165) is 45.0 Å². The summed E-state index contributed by atoms with van der Waals surface area (Å²) in [7, 11) is 2.03. The van der Waals surface area contributed by atoms with Gasteiger partial charge in [0.15, 0.2) is 5.96 Å². The van der Waals surface area contributed by atoms with E-state index in [1.807, 2.05) is 11.9 Å². The molecule has 1 N–H and O–H groups in total. The van der Waals surface area contributed by atoms with Gasteiger partial charge >= 0.3 is 0 Å². The van der Waals surface area contributed by atoms with E-state index in [-0.39, 0.29) is 29.9 Å². The second-order valence-electron chi connectivity index (χ2n) is 6.28. The highest BCUT2D eigenvalue weighted by atomic mass is 127. The molecule has 0 unspecified atom stereocenters. The number of hydrogen-bond acceptors (Lipinski definition) is 3. The van der Waals surface area contributed by atoms with Crippen molar-refractivity contribution in [2.75, 3.05) is 39.5 Å². The minimum atomic E-state index is 0. The molecule has 1 fully saturated rings. The number of carbonyl (C=O) groups is 1. The first-order valence-electron chi connectivity index (χ1n) is 9.04. The van der Waals surface area contributed by atoms with Gasteiger partial charge in [0.05, 0.1) is 6.54 Å². The number of guanidine groups is 1. The Morgan fingerprint density at radius 3 is 2.50 bits per heavy atom. The molecule has 7 heteroatoms. The Balaban J connectivity index is 0.00000338. The minimum absolute atomic E-state index is 0. The highest BCUT2D eigenvalue weighted by Gasteiger charge is 2.17. The number of carbonyl (C=O) groups excluding carboxylic acids is 1. The number of aliphatic imine (C=N–C) groups is 1. The summed E-state index contributed by atoms with van der Waals surface area (Å²) in [4.78, 5) is 22.1. The van der Waals surface area contributed by atoms with E-state index in [1.54, 1.807) is 11.8 Å². The molecule has 1 saturated heterocycles. The summed E-state index contributed by atoms with van der Waals surface area (Å²) in [6.07, 6.45) is 4.84. The quantitative estimate of drug-likeness (QED) is 0.276. The molecule has 1 amide bonds. The molecule has 1 aliphatic heterocycles. The number of halogens is 1. The Morgan fingerprint density at radius 1 is 1.27 bits per heavy atom. The molecule has 2 rings (SSSR count). The van der Waals surface area contributed by atoms with Crippen LogP contribution in [0.25, 0.3) is 0 Å². The lowest BCUT2D eigenvalue weighted by molar-refractivity contribution is -0.129. The van der Waals surface area contributed by atoms with Crippen molar-refractivity contribution in [1.29, 1.82) is 0 Å². The van der Waals surface area contributed by atoms with Gasteiger partial charge in [0.2, 0.25) is 5.91 Å². The van der Waals surface area contributed by atoms with Crippen LogP contribution in [0, 0.1) is 0 Å². The number of nitrogens with zero attached hydrogens (tertiary/aromatic N) is 3. The van der Waals surface area contributed by atoms with Crippen LogP contribution in [-0.4, -0.2) is 61.1 Å². The highest BCUT2D eigenvalue weighted by molar-refractivity contribution is 14.0. The third-order valence-electron chi connectivity index (χ3n) is 4.32. The van der Waals surface area contributed by atoms with E-state index in [1.165, 1.54) is 10.5 Å². The molecule has 0 atom stereocenters. The van der Waals surface area contributed by atoms with E-state index in [9.17, 15) is 4.79 Å². The van der Waals surface area contributed by atoms with Gasteiger partial charge in [0.1, 0.15) is 0 Å². The standard InChI is InChI=1S/C19H30N4OS.HI/c1-4-20-19(21-12-11-18(24)23-13-5-6-14-23)22(2)15-16-7-9-17(25-3)10-8-16;/h7-10H,4-6,11-15H2,1-3H3,(H,20,21);1H. The first-order chi connectivity index (χ1) is 12.1. The summed E-state index contributed by atoms with van der Waals surface area (Å²) >= 11 is 1.75. The van der Waals surface area contributed by atoms with Crippen LogP contribution in [0.1, 0.15) is 31.7 Å². The first-order valence-corrected chi connectivity index (χ1v) is 10.3. The third-order valence-corrected chi connectivity index (χ3v) is 5.06. The fourth-order valence-corrected chi connectivity index (χ4v) is 3.34. The van der Waals surface area contributed by atoms with Crippen LogP contribution in [0.4, 0.5) is 0 Å². The number of rotatable bonds is 7. The van der Waals surface area contributed by atoms with Gasteiger partial charge < -0.3 is 15.1 Å². The fourth-order valence-electron chi connectivity index (χ4n) is 2.93. The van der Waals surface area contributed by atoms with Gasteiger partial charge in [0, 0.05) is 44.5 Å². The van der Waals surface area contributed by atoms with Crippen molar-refractivity contribution in [3.63, 3.8) is 0 Å². The van der Waals surface area contributed by atoms with E-state index in [0.29, 0.717) is 13.0 Å². The lowest BCUT2D eigenvalue weighted by atomic mass is 10.2. The second-order valence-corrected chi connectivity index (χ2v) is 7.16. The number of amides is 1. The molecule has 5 nitrogen and oxygen atoms in total. The molecular formula is C19H31IN4OS. The van der Waals surface area contributed by atoms with Crippen LogP contribution in [0.2, 0.25) is 0 Å². The van der Waals surface area contributed by atoms with Crippen LogP contribution < -0.4 is 5.32 Å². The van der Waals surface area contributed by atoms with E-state index < -0.39 is 0 Å². The molecule has 0 aromatic heterocycles. The molecule has 0 spiro atoms. The zero-order chi connectivity index (χ0) is 18.1. The summed E-state index contributed by atoms with van der Waals surface area (Å²) < 4.78 is 0. The average molecular weight is 490 g/mol. The van der Waals surface area contributed by atoms with Crippen LogP contribution >= 0.6 is 35.7 Å². The maximum atomic E-state index is 12.1. The summed E-state index contributed by atoms with van der Waals surface area (Å²) in [6, 6.07) is 8.60. The molecule has 0 saturated carbocycles. The van der Waals surface area contributed by atoms with E-state index in [2.05, 4.69) is 52.7 Å². The molecule has 1 aliphatic rings. The second kappa shape index (κ2) is 12.4. The van der Waals surface area contributed by atoms with Gasteiger partial charge in [-0.15, -0.1) is 35.7 Å². The zero-order valence-electron chi connectivity index (χ0n) is 16.0. The predicted octanol–water partition coefficient (Wildman–Crippen LogP) is 3.44. The van der Waals surface area contributed by atoms with Gasteiger partial charge in [0.25, 0.3) is 0 Å². The van der Waals surface area contributed by atoms with Gasteiger partial charge in [-0.2, -0.15) is 0 Å². The van der Waals surface area contributed by atoms with Crippen LogP contribution in [0.15, 0.2) is 34.2 Å². The molecule has 0 bridgehead atoms. The molecule has 1 aromatic carbocycles. The monoisotopic (exact) mass is 490 g/mol. The van der Waals surface area contributed by atoms with Crippen molar-refractivity contribution < 1.29 is 4.79 Å². The van der Waals surface area contributed by atoms with Crippen molar-refractivity contribution in [2.45, 2.75) is 37.6 Å². The summed E-state index contributed by atoms with van der Waals surface area (Å²) in [5.41, 5.74) is 1.25. The minimum Gasteiger partial charge on any atom is -0.357 e. The molecule has 1 aromatic rings. The summed E-state index contributed by atoms with van der Waals surface area (Å²) in [5.74, 6) is 1.08. The molecule has 1 heterocycles. The van der Waals surface area contributed by atoms with Crippen molar-refractivity contribution in [1.82, 2.24) is 15.1 Å². The zero-order valence-corrected chi connectivity index (χ0v) is 19.2. The normalized spacial score (nSPS) is 14.1. The number of thioether (sulfide) groups is 1. The Labute approximate surface area is 179 Å². The van der Waals surface area contributed by atoms with Gasteiger partial charge in [-0.05, 0) is 43.7 Å². The van der Waals surface area contributed by atoms with Crippen molar-refractivity contribution >= 4 is 47.6 Å². The predicted molar refractivity (Wildman–Crippen MR) is 122 cm³/mol. The maximum absolute atomic E-state index is 12.1. The molecular weight excluding hydrogens is 459 g/mol. The Kier molecular flexibility index (Phi) is 11.0. The number of benzene rings is 1. The lowest BCUT2D eigenvalue weighted by Gasteiger charge is -2.22. The van der Waals surface area contributed by atoms with Crippen LogP contribution in [0.3, 0.4) is 0 Å². The fraction of sp³-hybridized carbons (Fsp3) is 0.579. The van der Waals surface area contributed by atoms with Gasteiger partial charge in [-0.25, -0.2) is 0 Å². The Morgan fingerprint density at radius 2 is 1.92 bits per heavy atom. The Hall–Kier alpha value is -0.960. The van der Waals surface area contributed by atoms with Gasteiger partial charge in [-0.1, -0.05) is 12.1 Å². The molecule has 0 radical (unpaired) electrons. The topological polar surface area (TPSA) is 47.9 Å². The third kappa shape index (κ3) is 7.34. The van der Waals surface area contributed by atoms with Crippen molar-refractivity contribution in [3.05, 3.63) is 29.8 Å². The molecule has 0 aliphatic carbocycles.